The number of nitrogens with one attached hydrogen (secondary N) is 1. The molecule has 10 heteroatoms. The minimum Gasteiger partial charge on any atom is -0.495 e. The number of anilines is 2. The van der Waals surface area contributed by atoms with Crippen LogP contribution in [0, 0.1) is 0 Å². The largest absolute Gasteiger partial charge is 0.495 e. The highest BCUT2D eigenvalue weighted by molar-refractivity contribution is 5.99. The first-order chi connectivity index (χ1) is 20.9. The van der Waals surface area contributed by atoms with Crippen LogP contribution in [0.4, 0.5) is 11.5 Å². The lowest BCUT2D eigenvalue weighted by molar-refractivity contribution is -0.116. The zero-order valence-electron chi connectivity index (χ0n) is 25.4. The van der Waals surface area contributed by atoms with E-state index in [0.717, 1.165) is 79.7 Å². The first-order valence-electron chi connectivity index (χ1n) is 15.4. The number of hydrogen-bond acceptors (Lipinski definition) is 8. The average Bonchev–Trinajstić information content (AvgIpc) is 3.43. The number of amides is 1. The van der Waals surface area contributed by atoms with Gasteiger partial charge in [-0.05, 0) is 56.3 Å². The molecule has 1 aliphatic carbocycles. The Balaban J connectivity index is 1.21. The Kier molecular flexibility index (Phi) is 8.58. The van der Waals surface area contributed by atoms with Crippen molar-refractivity contribution >= 4 is 28.4 Å². The van der Waals surface area contributed by atoms with Crippen LogP contribution in [0.2, 0.25) is 0 Å². The number of carbonyl (C=O) groups excluding carboxylic acids is 1. The molecule has 2 fully saturated rings. The van der Waals surface area contributed by atoms with E-state index in [0.29, 0.717) is 29.7 Å². The van der Waals surface area contributed by atoms with Gasteiger partial charge in [0.2, 0.25) is 5.91 Å². The van der Waals surface area contributed by atoms with E-state index in [4.69, 9.17) is 15.6 Å². The van der Waals surface area contributed by atoms with E-state index in [1.54, 1.807) is 7.11 Å². The molecule has 1 saturated heterocycles. The molecule has 0 spiro atoms. The molecule has 1 atom stereocenters. The smallest absolute Gasteiger partial charge is 0.225 e. The second-order valence-corrected chi connectivity index (χ2v) is 12.0. The van der Waals surface area contributed by atoms with Crippen molar-refractivity contribution in [2.75, 3.05) is 51.4 Å². The average molecular weight is 583 g/mol. The Morgan fingerprint density at radius 2 is 1.74 bits per heavy atom. The van der Waals surface area contributed by atoms with Crippen LogP contribution in [0.1, 0.15) is 56.6 Å². The Labute approximate surface area is 253 Å². The van der Waals surface area contributed by atoms with E-state index in [9.17, 15) is 4.79 Å². The summed E-state index contributed by atoms with van der Waals surface area (Å²) in [7, 11) is 3.81. The van der Waals surface area contributed by atoms with Crippen molar-refractivity contribution in [1.82, 2.24) is 29.5 Å². The predicted octanol–water partition coefficient (Wildman–Crippen LogP) is 4.95. The number of nitrogens with zero attached hydrogens (tertiary/aromatic N) is 6. The number of piperazine rings is 1. The molecule has 3 heterocycles. The molecule has 1 saturated carbocycles. The number of methoxy groups -OCH3 is 1. The summed E-state index contributed by atoms with van der Waals surface area (Å²) in [5.74, 6) is 0.996. The molecule has 10 nitrogen and oxygen atoms in total. The van der Waals surface area contributed by atoms with Crippen LogP contribution in [0.25, 0.3) is 22.3 Å². The molecule has 2 aliphatic rings. The molecule has 0 unspecified atom stereocenters. The van der Waals surface area contributed by atoms with Gasteiger partial charge in [-0.15, -0.1) is 0 Å². The van der Waals surface area contributed by atoms with Gasteiger partial charge in [-0.1, -0.05) is 43.3 Å². The third-order valence-corrected chi connectivity index (χ3v) is 9.19. The summed E-state index contributed by atoms with van der Waals surface area (Å²) in [5, 5.41) is 8.89. The molecule has 1 amide bonds. The lowest BCUT2D eigenvalue weighted by Crippen LogP contribution is -2.49. The third kappa shape index (κ3) is 6.21. The summed E-state index contributed by atoms with van der Waals surface area (Å²) >= 11 is 0. The third-order valence-electron chi connectivity index (χ3n) is 9.19. The molecule has 1 aliphatic heterocycles. The highest BCUT2D eigenvalue weighted by atomic mass is 16.5. The van der Waals surface area contributed by atoms with Gasteiger partial charge in [0.1, 0.15) is 23.6 Å². The number of ether oxygens (including phenoxy) is 1. The Hall–Kier alpha value is -4.02. The summed E-state index contributed by atoms with van der Waals surface area (Å²) in [6.45, 7) is 6.63. The maximum atomic E-state index is 12.9. The maximum absolute atomic E-state index is 12.9. The molecule has 0 radical (unpaired) electrons. The molecule has 3 N–H and O–H groups in total. The highest BCUT2D eigenvalue weighted by Gasteiger charge is 2.31. The van der Waals surface area contributed by atoms with Gasteiger partial charge in [0.15, 0.2) is 5.65 Å². The lowest BCUT2D eigenvalue weighted by atomic mass is 9.90. The minimum absolute atomic E-state index is 0.0676. The molecule has 2 aromatic carbocycles. The molecule has 0 bridgehead atoms. The minimum atomic E-state index is -0.0676. The summed E-state index contributed by atoms with van der Waals surface area (Å²) in [5.41, 5.74) is 10.5. The Bertz CT molecular complexity index is 1560. The van der Waals surface area contributed by atoms with Crippen molar-refractivity contribution in [2.45, 2.75) is 57.0 Å². The van der Waals surface area contributed by atoms with Crippen LogP contribution in [0.5, 0.6) is 5.75 Å². The van der Waals surface area contributed by atoms with E-state index < -0.39 is 0 Å². The van der Waals surface area contributed by atoms with E-state index in [-0.39, 0.29) is 17.9 Å². The number of carbonyl (C=O) groups is 1. The number of nitrogen functional groups attached to an aromatic ring is 1. The van der Waals surface area contributed by atoms with Gasteiger partial charge in [0.05, 0.1) is 24.2 Å². The molecular formula is C33H42N8O2. The fourth-order valence-corrected chi connectivity index (χ4v) is 6.63. The Morgan fingerprint density at radius 1 is 1.02 bits per heavy atom. The monoisotopic (exact) mass is 582 g/mol. The lowest BCUT2D eigenvalue weighted by Gasteiger charge is -2.41. The number of rotatable bonds is 8. The highest BCUT2D eigenvalue weighted by Crippen LogP contribution is 2.39. The van der Waals surface area contributed by atoms with Gasteiger partial charge in [-0.2, -0.15) is 5.10 Å². The molecule has 2 aromatic heterocycles. The number of likely N-dealkylation sites (N-methyl/N-ethyl adjacent to an activating group) is 1. The molecule has 4 aromatic rings. The predicted molar refractivity (Wildman–Crippen MR) is 170 cm³/mol. The van der Waals surface area contributed by atoms with Crippen LogP contribution in [0.3, 0.4) is 0 Å². The quantitative estimate of drug-likeness (QED) is 0.300. The van der Waals surface area contributed by atoms with E-state index in [1.807, 2.05) is 48.5 Å². The van der Waals surface area contributed by atoms with Crippen molar-refractivity contribution in [2.24, 2.45) is 0 Å². The second-order valence-electron chi connectivity index (χ2n) is 12.0. The van der Waals surface area contributed by atoms with Crippen molar-refractivity contribution in [3.05, 3.63) is 60.4 Å². The second kappa shape index (κ2) is 12.7. The van der Waals surface area contributed by atoms with Crippen LogP contribution < -0.4 is 15.8 Å². The van der Waals surface area contributed by atoms with E-state index >= 15 is 0 Å². The van der Waals surface area contributed by atoms with Crippen molar-refractivity contribution in [3.8, 4) is 17.0 Å². The number of benzene rings is 2. The normalized spacial score (nSPS) is 20.6. The van der Waals surface area contributed by atoms with Gasteiger partial charge >= 0.3 is 0 Å². The number of aromatic nitrogens is 4. The Morgan fingerprint density at radius 3 is 2.47 bits per heavy atom. The SMILES string of the molecule is COc1cc(-c2nn(C3CCC(N4CCN(C)CC4)CC3)c3ncnc(N)c23)ccc1NC(=O)C[C@H](C)c1ccccc1. The number of fused-ring (bicyclic) bond motifs is 1. The number of nitrogens with two attached hydrogens (primary N) is 1. The topological polar surface area (TPSA) is 114 Å². The van der Waals surface area contributed by atoms with Crippen molar-refractivity contribution < 1.29 is 9.53 Å². The fraction of sp³-hybridized carbons (Fsp3) is 0.455. The maximum Gasteiger partial charge on any atom is 0.225 e. The molecule has 43 heavy (non-hydrogen) atoms. The van der Waals surface area contributed by atoms with Crippen molar-refractivity contribution in [3.63, 3.8) is 0 Å². The van der Waals surface area contributed by atoms with Gasteiger partial charge in [-0.25, -0.2) is 14.6 Å². The van der Waals surface area contributed by atoms with Gasteiger partial charge in [-0.3, -0.25) is 9.69 Å². The van der Waals surface area contributed by atoms with Gasteiger partial charge in [0, 0.05) is 44.2 Å². The van der Waals surface area contributed by atoms with E-state index in [1.165, 1.54) is 6.33 Å². The summed E-state index contributed by atoms with van der Waals surface area (Å²) < 4.78 is 7.79. The van der Waals surface area contributed by atoms with Crippen LogP contribution >= 0.6 is 0 Å². The van der Waals surface area contributed by atoms with Crippen LogP contribution in [-0.4, -0.2) is 81.8 Å². The first-order valence-corrected chi connectivity index (χ1v) is 15.4. The van der Waals surface area contributed by atoms with Crippen LogP contribution in [0.15, 0.2) is 54.9 Å². The molecule has 6 rings (SSSR count). The zero-order chi connectivity index (χ0) is 29.9. The van der Waals surface area contributed by atoms with Gasteiger partial charge < -0.3 is 20.7 Å². The summed E-state index contributed by atoms with van der Waals surface area (Å²) in [6, 6.07) is 16.7. The molecule has 226 valence electrons. The van der Waals surface area contributed by atoms with Crippen LogP contribution in [-0.2, 0) is 4.79 Å². The summed E-state index contributed by atoms with van der Waals surface area (Å²) in [4.78, 5) is 26.9. The fourth-order valence-electron chi connectivity index (χ4n) is 6.63. The standard InChI is InChI=1S/C33H42N8O2/c1-22(23-7-5-4-6-8-23)19-29(42)37-27-14-9-24(20-28(27)43-3)31-30-32(34)35-21-36-33(30)41(38-31)26-12-10-25(11-13-26)40-17-15-39(2)16-18-40/h4-9,14,20-22,25-26H,10-13,15-19H2,1-3H3,(H,37,42)(H2,34,35,36)/t22-,25?,26?/m0/s1. The first kappa shape index (κ1) is 29.1. The molecular weight excluding hydrogens is 540 g/mol. The number of hydrogen-bond donors (Lipinski definition) is 2. The summed E-state index contributed by atoms with van der Waals surface area (Å²) in [6.07, 6.45) is 6.28. The van der Waals surface area contributed by atoms with Gasteiger partial charge in [0.25, 0.3) is 0 Å². The van der Waals surface area contributed by atoms with Crippen molar-refractivity contribution in [1.29, 1.82) is 0 Å². The van der Waals surface area contributed by atoms with E-state index in [2.05, 4.69) is 43.7 Å². The zero-order valence-corrected chi connectivity index (χ0v) is 25.4.